The maximum absolute atomic E-state index is 15.3. The van der Waals surface area contributed by atoms with E-state index in [9.17, 15) is 0 Å². The molecule has 4 aromatic carbocycles. The standard InChI is InChI=1S/C34H31BrF2N8O/c1-16(2)40-31(38)18-5-10-24-26(13-18)44-33(42-24)21-8-7-20(15-23(21)35)46-28-12-9-22(29(36)30(28)37)34-43-25-11-6-19(14-27(25)45-34)32(39)41-17(3)4/h5-17H,1-4H3,(H2,38,40)(H2,39,41)(H,42,44)(H,43,45). The molecule has 2 aromatic heterocycles. The Morgan fingerprint density at radius 1 is 0.717 bits per heavy atom. The Hall–Kier alpha value is -5.10. The lowest BCUT2D eigenvalue weighted by atomic mass is 10.1. The van der Waals surface area contributed by atoms with Crippen LogP contribution >= 0.6 is 15.9 Å². The fourth-order valence-corrected chi connectivity index (χ4v) is 5.55. The van der Waals surface area contributed by atoms with E-state index in [1.807, 2.05) is 45.9 Å². The van der Waals surface area contributed by atoms with Crippen LogP contribution in [0, 0.1) is 22.5 Å². The van der Waals surface area contributed by atoms with E-state index in [1.165, 1.54) is 12.1 Å². The number of aromatic amines is 2. The van der Waals surface area contributed by atoms with Crippen LogP contribution in [0.4, 0.5) is 8.78 Å². The minimum Gasteiger partial charge on any atom is -0.454 e. The first-order valence-corrected chi connectivity index (χ1v) is 15.4. The first-order valence-electron chi connectivity index (χ1n) is 14.6. The molecule has 0 amide bonds. The van der Waals surface area contributed by atoms with Gasteiger partial charge in [-0.1, -0.05) is 0 Å². The number of rotatable bonds is 8. The van der Waals surface area contributed by atoms with Gasteiger partial charge in [0.05, 0.1) is 27.6 Å². The van der Waals surface area contributed by atoms with Crippen molar-refractivity contribution < 1.29 is 13.5 Å². The number of aromatic nitrogens is 4. The van der Waals surface area contributed by atoms with Crippen LogP contribution in [0.3, 0.4) is 0 Å². The number of nitrogens with zero attached hydrogens (tertiary/aromatic N) is 2. The molecular weight excluding hydrogens is 654 g/mol. The van der Waals surface area contributed by atoms with E-state index >= 15 is 8.78 Å². The summed E-state index contributed by atoms with van der Waals surface area (Å²) in [5, 5.41) is 22.6. The number of nitrogens with one attached hydrogen (secondary N) is 6. The molecular formula is C34H31BrF2N8O. The van der Waals surface area contributed by atoms with E-state index < -0.39 is 11.6 Å². The highest BCUT2D eigenvalue weighted by atomic mass is 79.9. The first kappa shape index (κ1) is 30.9. The maximum atomic E-state index is 15.3. The van der Waals surface area contributed by atoms with Gasteiger partial charge in [0, 0.05) is 33.2 Å². The molecule has 234 valence electrons. The van der Waals surface area contributed by atoms with Crippen LogP contribution < -0.4 is 15.4 Å². The summed E-state index contributed by atoms with van der Waals surface area (Å²) in [5.74, 6) is -0.875. The van der Waals surface area contributed by atoms with Crippen molar-refractivity contribution in [3.63, 3.8) is 0 Å². The third-order valence-corrected chi connectivity index (χ3v) is 7.79. The fraction of sp³-hybridized carbons (Fsp3) is 0.176. The summed E-state index contributed by atoms with van der Waals surface area (Å²) in [5.41, 5.74) is 4.77. The lowest BCUT2D eigenvalue weighted by molar-refractivity contribution is 0.417. The molecule has 0 saturated heterocycles. The Kier molecular flexibility index (Phi) is 8.30. The molecule has 46 heavy (non-hydrogen) atoms. The summed E-state index contributed by atoms with van der Waals surface area (Å²) in [6, 6.07) is 18.9. The zero-order chi connectivity index (χ0) is 32.7. The largest absolute Gasteiger partial charge is 0.454 e. The zero-order valence-electron chi connectivity index (χ0n) is 25.4. The van der Waals surface area contributed by atoms with Gasteiger partial charge in [0.1, 0.15) is 29.1 Å². The van der Waals surface area contributed by atoms with Gasteiger partial charge in [-0.15, -0.1) is 0 Å². The number of hydrogen-bond donors (Lipinski definition) is 6. The van der Waals surface area contributed by atoms with E-state index in [0.29, 0.717) is 38.5 Å². The number of hydrogen-bond acceptors (Lipinski definition) is 5. The predicted octanol–water partition coefficient (Wildman–Crippen LogP) is 8.25. The molecule has 6 aromatic rings. The van der Waals surface area contributed by atoms with Gasteiger partial charge < -0.3 is 25.3 Å². The van der Waals surface area contributed by atoms with Crippen molar-refractivity contribution in [3.05, 3.63) is 94.0 Å². The number of fused-ring (bicyclic) bond motifs is 2. The number of imidazole rings is 2. The Labute approximate surface area is 272 Å². The molecule has 0 aliphatic rings. The molecule has 0 aliphatic heterocycles. The third-order valence-electron chi connectivity index (χ3n) is 7.13. The predicted molar refractivity (Wildman–Crippen MR) is 181 cm³/mol. The smallest absolute Gasteiger partial charge is 0.202 e. The van der Waals surface area contributed by atoms with Crippen LogP contribution in [0.15, 0.2) is 71.2 Å². The summed E-state index contributed by atoms with van der Waals surface area (Å²) in [4.78, 5) is 15.4. The molecule has 0 fully saturated rings. The van der Waals surface area contributed by atoms with Crippen molar-refractivity contribution in [2.75, 3.05) is 0 Å². The van der Waals surface area contributed by atoms with Gasteiger partial charge in [0.25, 0.3) is 0 Å². The van der Waals surface area contributed by atoms with Gasteiger partial charge in [-0.05, 0) is 110 Å². The lowest BCUT2D eigenvalue weighted by Gasteiger charge is -2.11. The van der Waals surface area contributed by atoms with Gasteiger partial charge in [-0.2, -0.15) is 4.39 Å². The molecule has 9 nitrogen and oxygen atoms in total. The highest BCUT2D eigenvalue weighted by Gasteiger charge is 2.20. The van der Waals surface area contributed by atoms with E-state index in [4.69, 9.17) is 15.6 Å². The Balaban J connectivity index is 1.22. The highest BCUT2D eigenvalue weighted by Crippen LogP contribution is 2.36. The van der Waals surface area contributed by atoms with Gasteiger partial charge >= 0.3 is 0 Å². The Bertz CT molecular complexity index is 2140. The summed E-state index contributed by atoms with van der Waals surface area (Å²) in [7, 11) is 0. The molecule has 0 spiro atoms. The number of benzene rings is 4. The molecule has 0 bridgehead atoms. The minimum absolute atomic E-state index is 0.0438. The van der Waals surface area contributed by atoms with Crippen LogP contribution in [0.2, 0.25) is 0 Å². The number of ether oxygens (including phenoxy) is 1. The van der Waals surface area contributed by atoms with Gasteiger partial charge in [0.15, 0.2) is 11.6 Å². The fourth-order valence-electron chi connectivity index (χ4n) is 5.00. The van der Waals surface area contributed by atoms with Gasteiger partial charge in [0.2, 0.25) is 5.82 Å². The normalized spacial score (nSPS) is 11.5. The quantitative estimate of drug-likeness (QED) is 0.0708. The number of H-pyrrole nitrogens is 2. The first-order chi connectivity index (χ1) is 22.0. The van der Waals surface area contributed by atoms with Gasteiger partial charge in [-0.3, -0.25) is 10.8 Å². The van der Waals surface area contributed by atoms with Crippen molar-refractivity contribution in [1.82, 2.24) is 30.6 Å². The van der Waals surface area contributed by atoms with E-state index in [1.54, 1.807) is 36.4 Å². The van der Waals surface area contributed by atoms with E-state index in [2.05, 4.69) is 46.5 Å². The number of halogens is 3. The summed E-state index contributed by atoms with van der Waals surface area (Å²) in [6.07, 6.45) is 0. The summed E-state index contributed by atoms with van der Waals surface area (Å²) >= 11 is 3.56. The third kappa shape index (κ3) is 6.20. The molecule has 0 radical (unpaired) electrons. The summed E-state index contributed by atoms with van der Waals surface area (Å²) < 4.78 is 37.0. The van der Waals surface area contributed by atoms with Crippen molar-refractivity contribution >= 4 is 49.7 Å². The van der Waals surface area contributed by atoms with Crippen molar-refractivity contribution in [3.8, 4) is 34.3 Å². The molecule has 0 atom stereocenters. The maximum Gasteiger partial charge on any atom is 0.202 e. The second-order valence-electron chi connectivity index (χ2n) is 11.5. The topological polar surface area (TPSA) is 138 Å². The Morgan fingerprint density at radius 2 is 1.24 bits per heavy atom. The molecule has 12 heteroatoms. The molecule has 6 rings (SSSR count). The van der Waals surface area contributed by atoms with Gasteiger partial charge in [-0.25, -0.2) is 14.4 Å². The van der Waals surface area contributed by atoms with Crippen LogP contribution in [-0.4, -0.2) is 43.7 Å². The van der Waals surface area contributed by atoms with Crippen LogP contribution in [0.25, 0.3) is 44.8 Å². The van der Waals surface area contributed by atoms with Crippen molar-refractivity contribution in [2.45, 2.75) is 39.8 Å². The van der Waals surface area contributed by atoms with Crippen LogP contribution in [-0.2, 0) is 0 Å². The molecule has 0 unspecified atom stereocenters. The average molecular weight is 686 g/mol. The van der Waals surface area contributed by atoms with E-state index in [-0.39, 0.29) is 35.1 Å². The van der Waals surface area contributed by atoms with Crippen LogP contribution in [0.1, 0.15) is 38.8 Å². The second-order valence-corrected chi connectivity index (χ2v) is 12.3. The van der Waals surface area contributed by atoms with Crippen molar-refractivity contribution in [2.24, 2.45) is 0 Å². The SMILES string of the molecule is CC(C)NC(=N)c1ccc2nc(-c3ccc(Oc4ccc(-c5nc6ccc(C(=N)NC(C)C)cc6[nH]5)c(F)c4F)cc3Br)[nH]c2c1. The molecule has 6 N–H and O–H groups in total. The Morgan fingerprint density at radius 3 is 1.76 bits per heavy atom. The zero-order valence-corrected chi connectivity index (χ0v) is 27.0. The number of amidine groups is 2. The van der Waals surface area contributed by atoms with E-state index in [0.717, 1.165) is 22.2 Å². The second kappa shape index (κ2) is 12.4. The molecule has 0 aliphatic carbocycles. The minimum atomic E-state index is -1.15. The molecule has 2 heterocycles. The average Bonchev–Trinajstić information content (AvgIpc) is 3.62. The highest BCUT2D eigenvalue weighted by molar-refractivity contribution is 9.10. The van der Waals surface area contributed by atoms with Crippen LogP contribution in [0.5, 0.6) is 11.5 Å². The lowest BCUT2D eigenvalue weighted by Crippen LogP contribution is -2.30. The van der Waals surface area contributed by atoms with Crippen molar-refractivity contribution in [1.29, 1.82) is 10.8 Å². The monoisotopic (exact) mass is 684 g/mol. The summed E-state index contributed by atoms with van der Waals surface area (Å²) in [6.45, 7) is 7.84. The molecule has 0 saturated carbocycles.